The lowest BCUT2D eigenvalue weighted by Gasteiger charge is -2.34. The van der Waals surface area contributed by atoms with E-state index >= 15 is 0 Å². The molecule has 0 radical (unpaired) electrons. The summed E-state index contributed by atoms with van der Waals surface area (Å²) in [5, 5.41) is 0. The van der Waals surface area contributed by atoms with E-state index in [4.69, 9.17) is 14.2 Å². The summed E-state index contributed by atoms with van der Waals surface area (Å²) in [4.78, 5) is 16.7. The van der Waals surface area contributed by atoms with Crippen molar-refractivity contribution in [2.75, 3.05) is 47.0 Å². The van der Waals surface area contributed by atoms with Crippen molar-refractivity contribution in [3.8, 4) is 17.2 Å². The maximum Gasteiger partial charge on any atom is 0.260 e. The van der Waals surface area contributed by atoms with Crippen molar-refractivity contribution in [1.82, 2.24) is 9.80 Å². The first-order valence-corrected chi connectivity index (χ1v) is 9.08. The molecule has 6 nitrogen and oxygen atoms in total. The maximum absolute atomic E-state index is 12.4. The first kappa shape index (κ1) is 19.0. The van der Waals surface area contributed by atoms with E-state index in [1.54, 1.807) is 20.3 Å². The Hall–Kier alpha value is -2.73. The normalized spacial score (nSPS) is 14.7. The highest BCUT2D eigenvalue weighted by molar-refractivity contribution is 5.78. The Labute approximate surface area is 160 Å². The molecule has 144 valence electrons. The fourth-order valence-electron chi connectivity index (χ4n) is 3.15. The minimum atomic E-state index is 0.00179. The molecule has 27 heavy (non-hydrogen) atoms. The van der Waals surface area contributed by atoms with Crippen molar-refractivity contribution in [2.45, 2.75) is 6.54 Å². The van der Waals surface area contributed by atoms with Crippen molar-refractivity contribution in [2.24, 2.45) is 0 Å². The predicted octanol–water partition coefficient (Wildman–Crippen LogP) is 2.43. The van der Waals surface area contributed by atoms with Gasteiger partial charge in [0.1, 0.15) is 5.75 Å². The van der Waals surface area contributed by atoms with Gasteiger partial charge in [-0.3, -0.25) is 9.69 Å². The van der Waals surface area contributed by atoms with Crippen LogP contribution in [0.5, 0.6) is 17.2 Å². The zero-order valence-corrected chi connectivity index (χ0v) is 15.9. The van der Waals surface area contributed by atoms with E-state index in [0.29, 0.717) is 24.6 Å². The van der Waals surface area contributed by atoms with Gasteiger partial charge in [0, 0.05) is 32.7 Å². The summed E-state index contributed by atoms with van der Waals surface area (Å²) in [6, 6.07) is 15.5. The minimum absolute atomic E-state index is 0.00179. The summed E-state index contributed by atoms with van der Waals surface area (Å²) in [5.74, 6) is 2.09. The van der Waals surface area contributed by atoms with E-state index in [1.165, 1.54) is 5.56 Å². The largest absolute Gasteiger partial charge is 0.497 e. The van der Waals surface area contributed by atoms with Crippen LogP contribution in [0, 0.1) is 0 Å². The maximum atomic E-state index is 12.4. The highest BCUT2D eigenvalue weighted by Crippen LogP contribution is 2.25. The molecule has 2 aromatic carbocycles. The van der Waals surface area contributed by atoms with E-state index in [-0.39, 0.29) is 12.5 Å². The van der Waals surface area contributed by atoms with Crippen LogP contribution in [0.4, 0.5) is 0 Å². The van der Waals surface area contributed by atoms with Gasteiger partial charge in [0.2, 0.25) is 0 Å². The monoisotopic (exact) mass is 370 g/mol. The van der Waals surface area contributed by atoms with E-state index in [9.17, 15) is 4.79 Å². The fraction of sp³-hybridized carbons (Fsp3) is 0.381. The minimum Gasteiger partial charge on any atom is -0.497 e. The molecule has 6 heteroatoms. The molecule has 0 N–H and O–H groups in total. The molecule has 0 saturated carbocycles. The summed E-state index contributed by atoms with van der Waals surface area (Å²) >= 11 is 0. The first-order valence-electron chi connectivity index (χ1n) is 9.08. The van der Waals surface area contributed by atoms with Crippen LogP contribution in [0.25, 0.3) is 0 Å². The molecule has 1 aliphatic heterocycles. The van der Waals surface area contributed by atoms with Crippen LogP contribution in [0.3, 0.4) is 0 Å². The molecule has 0 unspecified atom stereocenters. The zero-order valence-electron chi connectivity index (χ0n) is 15.9. The number of amides is 1. The number of nitrogens with zero attached hydrogens (tertiary/aromatic N) is 2. The van der Waals surface area contributed by atoms with Crippen LogP contribution in [-0.4, -0.2) is 62.7 Å². The molecule has 0 bridgehead atoms. The standard InChI is InChI=1S/C21H26N2O4/c1-25-18-7-5-6-17(14-18)15-22-10-12-23(13-11-22)21(24)16-27-20-9-4-3-8-19(20)26-2/h3-9,14H,10-13,15-16H2,1-2H3. The highest BCUT2D eigenvalue weighted by atomic mass is 16.5. The average molecular weight is 370 g/mol. The second kappa shape index (κ2) is 9.28. The predicted molar refractivity (Wildman–Crippen MR) is 103 cm³/mol. The van der Waals surface area contributed by atoms with Crippen molar-refractivity contribution in [3.05, 3.63) is 54.1 Å². The Bertz CT molecular complexity index is 757. The third-order valence-electron chi connectivity index (χ3n) is 4.69. The average Bonchev–Trinajstić information content (AvgIpc) is 2.73. The number of para-hydroxylation sites is 2. The van der Waals surface area contributed by atoms with Crippen molar-refractivity contribution >= 4 is 5.91 Å². The quantitative estimate of drug-likeness (QED) is 0.749. The highest BCUT2D eigenvalue weighted by Gasteiger charge is 2.21. The zero-order chi connectivity index (χ0) is 19.1. The fourth-order valence-corrected chi connectivity index (χ4v) is 3.15. The van der Waals surface area contributed by atoms with Gasteiger partial charge in [-0.25, -0.2) is 0 Å². The Morgan fingerprint density at radius 2 is 1.67 bits per heavy atom. The molecular formula is C21H26N2O4. The van der Waals surface area contributed by atoms with Crippen molar-refractivity contribution < 1.29 is 19.0 Å². The topological polar surface area (TPSA) is 51.2 Å². The number of hydrogen-bond acceptors (Lipinski definition) is 5. The first-order chi connectivity index (χ1) is 13.2. The van der Waals surface area contributed by atoms with Crippen LogP contribution >= 0.6 is 0 Å². The Kier molecular flexibility index (Phi) is 6.54. The molecule has 0 atom stereocenters. The van der Waals surface area contributed by atoms with Gasteiger partial charge in [-0.2, -0.15) is 0 Å². The van der Waals surface area contributed by atoms with Gasteiger partial charge in [0.05, 0.1) is 14.2 Å². The van der Waals surface area contributed by atoms with Gasteiger partial charge in [-0.15, -0.1) is 0 Å². The molecule has 1 aliphatic rings. The van der Waals surface area contributed by atoms with Gasteiger partial charge in [-0.05, 0) is 29.8 Å². The number of piperazine rings is 1. The number of hydrogen-bond donors (Lipinski definition) is 0. The molecule has 3 rings (SSSR count). The van der Waals surface area contributed by atoms with Crippen LogP contribution in [0.2, 0.25) is 0 Å². The lowest BCUT2D eigenvalue weighted by atomic mass is 10.2. The number of rotatable bonds is 7. The van der Waals surface area contributed by atoms with Crippen LogP contribution in [0.15, 0.2) is 48.5 Å². The summed E-state index contributed by atoms with van der Waals surface area (Å²) in [5.41, 5.74) is 1.22. The smallest absolute Gasteiger partial charge is 0.260 e. The van der Waals surface area contributed by atoms with E-state index in [0.717, 1.165) is 25.4 Å². The third kappa shape index (κ3) is 5.14. The molecule has 0 aromatic heterocycles. The van der Waals surface area contributed by atoms with Crippen molar-refractivity contribution in [3.63, 3.8) is 0 Å². The van der Waals surface area contributed by atoms with Gasteiger partial charge in [-0.1, -0.05) is 24.3 Å². The van der Waals surface area contributed by atoms with Gasteiger partial charge < -0.3 is 19.1 Å². The van der Waals surface area contributed by atoms with Gasteiger partial charge >= 0.3 is 0 Å². The van der Waals surface area contributed by atoms with E-state index in [1.807, 2.05) is 35.2 Å². The summed E-state index contributed by atoms with van der Waals surface area (Å²) in [6.07, 6.45) is 0. The Morgan fingerprint density at radius 3 is 2.37 bits per heavy atom. The number of ether oxygens (including phenoxy) is 3. The number of carbonyl (C=O) groups is 1. The molecule has 1 amide bonds. The molecule has 1 saturated heterocycles. The van der Waals surface area contributed by atoms with Crippen molar-refractivity contribution in [1.29, 1.82) is 0 Å². The summed E-state index contributed by atoms with van der Waals surface area (Å²) in [7, 11) is 3.27. The summed E-state index contributed by atoms with van der Waals surface area (Å²) in [6.45, 7) is 3.98. The van der Waals surface area contributed by atoms with Gasteiger partial charge in [0.15, 0.2) is 18.1 Å². The third-order valence-corrected chi connectivity index (χ3v) is 4.69. The second-order valence-corrected chi connectivity index (χ2v) is 6.45. The Balaban J connectivity index is 1.46. The Morgan fingerprint density at radius 1 is 0.926 bits per heavy atom. The van der Waals surface area contributed by atoms with Gasteiger partial charge in [0.25, 0.3) is 5.91 Å². The van der Waals surface area contributed by atoms with Crippen LogP contribution in [0.1, 0.15) is 5.56 Å². The second-order valence-electron chi connectivity index (χ2n) is 6.45. The molecule has 1 heterocycles. The number of carbonyl (C=O) groups excluding carboxylic acids is 1. The molecule has 0 spiro atoms. The molecule has 1 fully saturated rings. The number of methoxy groups -OCH3 is 2. The lowest BCUT2D eigenvalue weighted by Crippen LogP contribution is -2.49. The molecule has 2 aromatic rings. The summed E-state index contributed by atoms with van der Waals surface area (Å²) < 4.78 is 16.2. The van der Waals surface area contributed by atoms with Crippen LogP contribution in [-0.2, 0) is 11.3 Å². The SMILES string of the molecule is COc1cccc(CN2CCN(C(=O)COc3ccccc3OC)CC2)c1. The van der Waals surface area contributed by atoms with E-state index < -0.39 is 0 Å². The van der Waals surface area contributed by atoms with Crippen LogP contribution < -0.4 is 14.2 Å². The number of benzene rings is 2. The lowest BCUT2D eigenvalue weighted by molar-refractivity contribution is -0.135. The molecular weight excluding hydrogens is 344 g/mol. The van der Waals surface area contributed by atoms with E-state index in [2.05, 4.69) is 17.0 Å². The molecule has 0 aliphatic carbocycles.